The Morgan fingerprint density at radius 1 is 1.35 bits per heavy atom. The van der Waals surface area contributed by atoms with E-state index in [0.717, 1.165) is 0 Å². The van der Waals surface area contributed by atoms with Crippen LogP contribution in [-0.2, 0) is 16.6 Å². The van der Waals surface area contributed by atoms with E-state index in [-0.39, 0.29) is 10.7 Å². The zero-order chi connectivity index (χ0) is 14.6. The minimum absolute atomic E-state index is 0.155. The van der Waals surface area contributed by atoms with Crippen molar-refractivity contribution in [3.63, 3.8) is 0 Å². The van der Waals surface area contributed by atoms with Crippen LogP contribution in [0.15, 0.2) is 35.2 Å². The van der Waals surface area contributed by atoms with Crippen LogP contribution >= 0.6 is 0 Å². The topological polar surface area (TPSA) is 49.4 Å². The van der Waals surface area contributed by atoms with Crippen LogP contribution in [0.4, 0.5) is 4.39 Å². The number of nitrogens with one attached hydrogen (secondary N) is 1. The van der Waals surface area contributed by atoms with Crippen molar-refractivity contribution >= 4 is 10.0 Å². The van der Waals surface area contributed by atoms with Crippen LogP contribution < -0.4 is 5.32 Å². The van der Waals surface area contributed by atoms with Gasteiger partial charge in [0.15, 0.2) is 0 Å². The number of sulfonamides is 1. The summed E-state index contributed by atoms with van der Waals surface area (Å²) in [5.41, 5.74) is 0.375. The van der Waals surface area contributed by atoms with E-state index in [1.54, 1.807) is 0 Å². The van der Waals surface area contributed by atoms with Crippen LogP contribution in [0.25, 0.3) is 0 Å². The fraction of sp³-hybridized carbons (Fsp3) is 0.429. The molecule has 0 radical (unpaired) electrons. The molecule has 0 saturated carbocycles. The van der Waals surface area contributed by atoms with E-state index in [1.807, 2.05) is 19.1 Å². The molecule has 1 aliphatic rings. The van der Waals surface area contributed by atoms with Gasteiger partial charge in [-0.05, 0) is 31.2 Å². The fourth-order valence-electron chi connectivity index (χ4n) is 2.09. The van der Waals surface area contributed by atoms with Gasteiger partial charge < -0.3 is 5.32 Å². The Labute approximate surface area is 119 Å². The lowest BCUT2D eigenvalue weighted by Crippen LogP contribution is -2.33. The molecule has 20 heavy (non-hydrogen) atoms. The highest BCUT2D eigenvalue weighted by atomic mass is 32.2. The van der Waals surface area contributed by atoms with Crippen LogP contribution in [0.5, 0.6) is 0 Å². The van der Waals surface area contributed by atoms with E-state index in [0.29, 0.717) is 38.2 Å². The third-order valence-electron chi connectivity index (χ3n) is 3.24. The van der Waals surface area contributed by atoms with Crippen LogP contribution in [0.3, 0.4) is 0 Å². The summed E-state index contributed by atoms with van der Waals surface area (Å²) >= 11 is 0. The molecular weight excluding hydrogens is 279 g/mol. The second-order valence-electron chi connectivity index (χ2n) is 4.66. The fourth-order valence-corrected chi connectivity index (χ4v) is 3.55. The van der Waals surface area contributed by atoms with Crippen molar-refractivity contribution in [2.24, 2.45) is 0 Å². The number of rotatable bonds is 5. The Balaban J connectivity index is 2.29. The van der Waals surface area contributed by atoms with Crippen molar-refractivity contribution < 1.29 is 12.8 Å². The van der Waals surface area contributed by atoms with E-state index < -0.39 is 10.0 Å². The molecule has 0 amide bonds. The lowest BCUT2D eigenvalue weighted by atomic mass is 10.2. The third-order valence-corrected chi connectivity index (χ3v) is 5.10. The van der Waals surface area contributed by atoms with Crippen molar-refractivity contribution in [2.45, 2.75) is 24.8 Å². The highest BCUT2D eigenvalue weighted by molar-refractivity contribution is 7.89. The van der Waals surface area contributed by atoms with Gasteiger partial charge in [-0.2, -0.15) is 4.31 Å². The SMILES string of the molecule is CCNCc1cc(S(=O)(=O)N2CC=CCC2)ccc1F. The predicted molar refractivity (Wildman–Crippen MR) is 76.3 cm³/mol. The third kappa shape index (κ3) is 3.26. The zero-order valence-electron chi connectivity index (χ0n) is 11.5. The summed E-state index contributed by atoms with van der Waals surface area (Å²) in [4.78, 5) is 0.155. The first-order chi connectivity index (χ1) is 9.55. The Hall–Kier alpha value is -1.24. The maximum absolute atomic E-state index is 13.7. The monoisotopic (exact) mass is 298 g/mol. The molecule has 1 aromatic rings. The van der Waals surface area contributed by atoms with E-state index >= 15 is 0 Å². The van der Waals surface area contributed by atoms with Gasteiger partial charge in [0.25, 0.3) is 0 Å². The molecule has 0 aromatic heterocycles. The van der Waals surface area contributed by atoms with Crippen LogP contribution in [-0.4, -0.2) is 32.4 Å². The lowest BCUT2D eigenvalue weighted by molar-refractivity contribution is 0.437. The Kier molecular flexibility index (Phi) is 4.91. The van der Waals surface area contributed by atoms with E-state index in [2.05, 4.69) is 5.32 Å². The first-order valence-electron chi connectivity index (χ1n) is 6.70. The van der Waals surface area contributed by atoms with Crippen LogP contribution in [0.1, 0.15) is 18.9 Å². The first kappa shape index (κ1) is 15.2. The van der Waals surface area contributed by atoms with Gasteiger partial charge >= 0.3 is 0 Å². The molecule has 1 heterocycles. The smallest absolute Gasteiger partial charge is 0.243 e. The molecule has 0 fully saturated rings. The van der Waals surface area contributed by atoms with Crippen molar-refractivity contribution in [3.05, 3.63) is 41.7 Å². The zero-order valence-corrected chi connectivity index (χ0v) is 12.3. The average molecular weight is 298 g/mol. The van der Waals surface area contributed by atoms with Gasteiger partial charge in [-0.15, -0.1) is 0 Å². The van der Waals surface area contributed by atoms with Gasteiger partial charge in [0.2, 0.25) is 10.0 Å². The summed E-state index contributed by atoms with van der Waals surface area (Å²) in [5.74, 6) is -0.386. The van der Waals surface area contributed by atoms with Crippen LogP contribution in [0, 0.1) is 5.82 Å². The summed E-state index contributed by atoms with van der Waals surface area (Å²) < 4.78 is 40.0. The molecule has 4 nitrogen and oxygen atoms in total. The van der Waals surface area contributed by atoms with Crippen LogP contribution in [0.2, 0.25) is 0 Å². The van der Waals surface area contributed by atoms with Gasteiger partial charge in [0.1, 0.15) is 5.82 Å². The predicted octanol–water partition coefficient (Wildman–Crippen LogP) is 1.89. The van der Waals surface area contributed by atoms with Gasteiger partial charge in [-0.1, -0.05) is 19.1 Å². The molecule has 0 saturated heterocycles. The molecule has 0 spiro atoms. The second kappa shape index (κ2) is 6.47. The summed E-state index contributed by atoms with van der Waals surface area (Å²) in [7, 11) is -3.54. The molecule has 0 atom stereocenters. The van der Waals surface area contributed by atoms with Gasteiger partial charge in [-0.3, -0.25) is 0 Å². The number of hydrogen-bond donors (Lipinski definition) is 1. The summed E-state index contributed by atoms with van der Waals surface area (Å²) in [5, 5.41) is 3.00. The normalized spacial score (nSPS) is 16.5. The van der Waals surface area contributed by atoms with Gasteiger partial charge in [0, 0.05) is 25.2 Å². The molecular formula is C14H19FN2O2S. The molecule has 1 aromatic carbocycles. The van der Waals surface area contributed by atoms with Crippen molar-refractivity contribution in [1.29, 1.82) is 0 Å². The Morgan fingerprint density at radius 3 is 2.80 bits per heavy atom. The average Bonchev–Trinajstić information content (AvgIpc) is 2.47. The Morgan fingerprint density at radius 2 is 2.15 bits per heavy atom. The minimum Gasteiger partial charge on any atom is -0.313 e. The molecule has 6 heteroatoms. The van der Waals surface area contributed by atoms with Crippen molar-refractivity contribution in [1.82, 2.24) is 9.62 Å². The molecule has 0 unspecified atom stereocenters. The van der Waals surface area contributed by atoms with Crippen molar-refractivity contribution in [3.8, 4) is 0 Å². The molecule has 1 aliphatic heterocycles. The summed E-state index contributed by atoms with van der Waals surface area (Å²) in [6.45, 7) is 3.79. The quantitative estimate of drug-likeness (QED) is 0.845. The Bertz CT molecular complexity index is 599. The number of halogens is 1. The summed E-state index contributed by atoms with van der Waals surface area (Å²) in [6.07, 6.45) is 4.52. The standard InChI is InChI=1S/C14H19FN2O2S/c1-2-16-11-12-10-13(6-7-14(12)15)20(18,19)17-8-4-3-5-9-17/h3-4,6-7,10,16H,2,5,8-9,11H2,1H3. The first-order valence-corrected chi connectivity index (χ1v) is 8.14. The lowest BCUT2D eigenvalue weighted by Gasteiger charge is -2.23. The second-order valence-corrected chi connectivity index (χ2v) is 6.59. The number of nitrogens with zero attached hydrogens (tertiary/aromatic N) is 1. The molecule has 2 rings (SSSR count). The minimum atomic E-state index is -3.54. The molecule has 0 bridgehead atoms. The van der Waals surface area contributed by atoms with E-state index in [4.69, 9.17) is 0 Å². The summed E-state index contributed by atoms with van der Waals surface area (Å²) in [6, 6.07) is 3.98. The van der Waals surface area contributed by atoms with E-state index in [1.165, 1.54) is 22.5 Å². The highest BCUT2D eigenvalue weighted by Gasteiger charge is 2.25. The van der Waals surface area contributed by atoms with Gasteiger partial charge in [-0.25, -0.2) is 12.8 Å². The van der Waals surface area contributed by atoms with Crippen molar-refractivity contribution in [2.75, 3.05) is 19.6 Å². The molecule has 0 aliphatic carbocycles. The van der Waals surface area contributed by atoms with Gasteiger partial charge in [0.05, 0.1) is 4.90 Å². The number of hydrogen-bond acceptors (Lipinski definition) is 3. The largest absolute Gasteiger partial charge is 0.313 e. The molecule has 110 valence electrons. The maximum Gasteiger partial charge on any atom is 0.243 e. The maximum atomic E-state index is 13.7. The molecule has 1 N–H and O–H groups in total. The highest BCUT2D eigenvalue weighted by Crippen LogP contribution is 2.20. The van der Waals surface area contributed by atoms with E-state index in [9.17, 15) is 12.8 Å². The number of benzene rings is 1.